The minimum Gasteiger partial charge on any atom is -0.462 e. The van der Waals surface area contributed by atoms with Crippen molar-refractivity contribution in [2.24, 2.45) is 5.73 Å². The fourth-order valence-electron chi connectivity index (χ4n) is 1.21. The van der Waals surface area contributed by atoms with Gasteiger partial charge in [-0.1, -0.05) is 0 Å². The van der Waals surface area contributed by atoms with Gasteiger partial charge in [-0.3, -0.25) is 9.59 Å². The molecule has 1 amide bonds. The Kier molecular flexibility index (Phi) is 3.29. The van der Waals surface area contributed by atoms with Gasteiger partial charge in [-0.25, -0.2) is 4.79 Å². The van der Waals surface area contributed by atoms with Crippen LogP contribution in [0.1, 0.15) is 27.6 Å². The van der Waals surface area contributed by atoms with Crippen LogP contribution in [0.3, 0.4) is 0 Å². The SMILES string of the molecule is CCOC(=O)c1cc(=O)[nH]c(N)c1C(N)=O. The molecule has 0 aromatic carbocycles. The number of nitrogen functional groups attached to an aromatic ring is 1. The van der Waals surface area contributed by atoms with E-state index >= 15 is 0 Å². The van der Waals surface area contributed by atoms with Crippen molar-refractivity contribution < 1.29 is 14.3 Å². The predicted molar refractivity (Wildman–Crippen MR) is 55.9 cm³/mol. The number of ether oxygens (including phenoxy) is 1. The number of H-pyrrole nitrogens is 1. The van der Waals surface area contributed by atoms with Crippen molar-refractivity contribution in [3.05, 3.63) is 27.5 Å². The number of anilines is 1. The highest BCUT2D eigenvalue weighted by Gasteiger charge is 2.20. The zero-order valence-electron chi connectivity index (χ0n) is 8.57. The van der Waals surface area contributed by atoms with Crippen LogP contribution in [0.25, 0.3) is 0 Å². The largest absolute Gasteiger partial charge is 0.462 e. The van der Waals surface area contributed by atoms with Crippen LogP contribution >= 0.6 is 0 Å². The van der Waals surface area contributed by atoms with Gasteiger partial charge in [-0.2, -0.15) is 0 Å². The number of carbonyl (C=O) groups is 2. The summed E-state index contributed by atoms with van der Waals surface area (Å²) in [5.74, 6) is -1.96. The topological polar surface area (TPSA) is 128 Å². The lowest BCUT2D eigenvalue weighted by Gasteiger charge is -2.07. The van der Waals surface area contributed by atoms with Crippen LogP contribution in [-0.4, -0.2) is 23.5 Å². The average Bonchev–Trinajstić information content (AvgIpc) is 2.15. The quantitative estimate of drug-likeness (QED) is 0.582. The molecule has 1 rings (SSSR count). The van der Waals surface area contributed by atoms with E-state index in [-0.39, 0.29) is 23.6 Å². The molecule has 86 valence electrons. The Morgan fingerprint density at radius 1 is 1.50 bits per heavy atom. The lowest BCUT2D eigenvalue weighted by atomic mass is 10.1. The van der Waals surface area contributed by atoms with E-state index in [1.807, 2.05) is 0 Å². The highest BCUT2D eigenvalue weighted by Crippen LogP contribution is 2.12. The first kappa shape index (κ1) is 11.8. The monoisotopic (exact) mass is 225 g/mol. The van der Waals surface area contributed by atoms with E-state index in [4.69, 9.17) is 11.5 Å². The molecule has 0 aliphatic carbocycles. The molecule has 5 N–H and O–H groups in total. The van der Waals surface area contributed by atoms with E-state index in [2.05, 4.69) is 9.72 Å². The number of pyridine rings is 1. The smallest absolute Gasteiger partial charge is 0.339 e. The highest BCUT2D eigenvalue weighted by molar-refractivity contribution is 6.07. The van der Waals surface area contributed by atoms with Crippen molar-refractivity contribution in [3.8, 4) is 0 Å². The molecule has 16 heavy (non-hydrogen) atoms. The average molecular weight is 225 g/mol. The number of rotatable bonds is 3. The second-order valence-electron chi connectivity index (χ2n) is 2.92. The van der Waals surface area contributed by atoms with E-state index in [1.165, 1.54) is 0 Å². The first-order chi connectivity index (χ1) is 7.47. The van der Waals surface area contributed by atoms with Gasteiger partial charge in [0.05, 0.1) is 17.7 Å². The van der Waals surface area contributed by atoms with Crippen molar-refractivity contribution in [3.63, 3.8) is 0 Å². The second kappa shape index (κ2) is 4.47. The molecule has 0 saturated carbocycles. The Hall–Kier alpha value is -2.31. The van der Waals surface area contributed by atoms with E-state index < -0.39 is 17.4 Å². The molecule has 0 aliphatic heterocycles. The van der Waals surface area contributed by atoms with E-state index in [0.29, 0.717) is 0 Å². The van der Waals surface area contributed by atoms with Gasteiger partial charge in [0.15, 0.2) is 0 Å². The van der Waals surface area contributed by atoms with Crippen LogP contribution in [0.2, 0.25) is 0 Å². The van der Waals surface area contributed by atoms with Crippen LogP contribution in [0.5, 0.6) is 0 Å². The molecule has 1 heterocycles. The second-order valence-corrected chi connectivity index (χ2v) is 2.92. The molecule has 0 spiro atoms. The van der Waals surface area contributed by atoms with E-state index in [9.17, 15) is 14.4 Å². The molecular formula is C9H11N3O4. The normalized spacial score (nSPS) is 9.81. The molecule has 0 fully saturated rings. The molecule has 7 nitrogen and oxygen atoms in total. The number of primary amides is 1. The molecule has 1 aromatic heterocycles. The molecule has 0 aliphatic rings. The third kappa shape index (κ3) is 2.19. The summed E-state index contributed by atoms with van der Waals surface area (Å²) in [6, 6.07) is 0.925. The lowest BCUT2D eigenvalue weighted by Crippen LogP contribution is -2.24. The van der Waals surface area contributed by atoms with E-state index in [0.717, 1.165) is 6.07 Å². The number of hydrogen-bond donors (Lipinski definition) is 3. The molecule has 0 radical (unpaired) electrons. The van der Waals surface area contributed by atoms with Crippen LogP contribution in [0, 0.1) is 0 Å². The zero-order valence-corrected chi connectivity index (χ0v) is 8.57. The van der Waals surface area contributed by atoms with Crippen molar-refractivity contribution in [2.75, 3.05) is 12.3 Å². The number of hydrogen-bond acceptors (Lipinski definition) is 5. The van der Waals surface area contributed by atoms with Crippen molar-refractivity contribution in [1.82, 2.24) is 4.98 Å². The third-order valence-corrected chi connectivity index (χ3v) is 1.81. The van der Waals surface area contributed by atoms with Crippen molar-refractivity contribution in [2.45, 2.75) is 6.92 Å². The highest BCUT2D eigenvalue weighted by atomic mass is 16.5. The van der Waals surface area contributed by atoms with Gasteiger partial charge >= 0.3 is 5.97 Å². The summed E-state index contributed by atoms with van der Waals surface area (Å²) in [4.78, 5) is 35.8. The van der Waals surface area contributed by atoms with Gasteiger partial charge in [0.1, 0.15) is 5.82 Å². The maximum absolute atomic E-state index is 11.4. The van der Waals surface area contributed by atoms with Gasteiger partial charge in [0.25, 0.3) is 5.91 Å². The molecule has 0 atom stereocenters. The molecule has 7 heteroatoms. The summed E-state index contributed by atoms with van der Waals surface area (Å²) >= 11 is 0. The Balaban J connectivity index is 3.41. The van der Waals surface area contributed by atoms with Crippen LogP contribution in [0.4, 0.5) is 5.82 Å². The number of esters is 1. The number of aromatic amines is 1. The third-order valence-electron chi connectivity index (χ3n) is 1.81. The predicted octanol–water partition coefficient (Wildman–Crippen LogP) is -0.767. The number of amides is 1. The summed E-state index contributed by atoms with van der Waals surface area (Å²) in [6.07, 6.45) is 0. The van der Waals surface area contributed by atoms with Gasteiger partial charge in [-0.15, -0.1) is 0 Å². The number of carbonyl (C=O) groups excluding carboxylic acids is 2. The molecular weight excluding hydrogens is 214 g/mol. The molecule has 0 saturated heterocycles. The van der Waals surface area contributed by atoms with Crippen LogP contribution in [0.15, 0.2) is 10.9 Å². The lowest BCUT2D eigenvalue weighted by molar-refractivity contribution is 0.0523. The first-order valence-electron chi connectivity index (χ1n) is 4.47. The van der Waals surface area contributed by atoms with Crippen molar-refractivity contribution in [1.29, 1.82) is 0 Å². The minimum absolute atomic E-state index is 0.115. The first-order valence-corrected chi connectivity index (χ1v) is 4.47. The summed E-state index contributed by atoms with van der Waals surface area (Å²) in [5.41, 5.74) is 9.37. The minimum atomic E-state index is -0.906. The summed E-state index contributed by atoms with van der Waals surface area (Å²) < 4.78 is 4.67. The fourth-order valence-corrected chi connectivity index (χ4v) is 1.21. The maximum Gasteiger partial charge on any atom is 0.339 e. The van der Waals surface area contributed by atoms with Gasteiger partial charge in [0.2, 0.25) is 5.56 Å². The Morgan fingerprint density at radius 2 is 2.12 bits per heavy atom. The summed E-state index contributed by atoms with van der Waals surface area (Å²) in [7, 11) is 0. The fraction of sp³-hybridized carbons (Fsp3) is 0.222. The number of nitrogens with two attached hydrogens (primary N) is 2. The van der Waals surface area contributed by atoms with Gasteiger partial charge < -0.3 is 21.2 Å². The maximum atomic E-state index is 11.4. The molecule has 0 bridgehead atoms. The molecule has 1 aromatic rings. The Morgan fingerprint density at radius 3 is 2.62 bits per heavy atom. The Bertz CT molecular complexity index is 492. The zero-order chi connectivity index (χ0) is 12.3. The van der Waals surface area contributed by atoms with Crippen LogP contribution in [-0.2, 0) is 4.74 Å². The standard InChI is InChI=1S/C9H11N3O4/c1-2-16-9(15)4-3-5(13)12-7(10)6(4)8(11)14/h3H,2H2,1H3,(H2,11,14)(H3,10,12,13). The van der Waals surface area contributed by atoms with Crippen LogP contribution < -0.4 is 17.0 Å². The van der Waals surface area contributed by atoms with Crippen molar-refractivity contribution >= 4 is 17.7 Å². The Labute approximate surface area is 90.4 Å². The van der Waals surface area contributed by atoms with E-state index in [1.54, 1.807) is 6.92 Å². The number of aromatic nitrogens is 1. The summed E-state index contributed by atoms with van der Waals surface area (Å²) in [5, 5.41) is 0. The molecule has 0 unspecified atom stereocenters. The van der Waals surface area contributed by atoms with Gasteiger partial charge in [-0.05, 0) is 6.92 Å². The van der Waals surface area contributed by atoms with Gasteiger partial charge in [0, 0.05) is 6.07 Å². The summed E-state index contributed by atoms with van der Waals surface area (Å²) in [6.45, 7) is 1.71. The number of nitrogens with one attached hydrogen (secondary N) is 1.